The Hall–Kier alpha value is -1.72. The summed E-state index contributed by atoms with van der Waals surface area (Å²) in [6, 6.07) is 3.45. The minimum Gasteiger partial charge on any atom is -0.258 e. The molecule has 0 radical (unpaired) electrons. The molecule has 1 aromatic heterocycles. The zero-order chi connectivity index (χ0) is 12.1. The van der Waals surface area contributed by atoms with Crippen molar-refractivity contribution in [3.63, 3.8) is 0 Å². The third-order valence-corrected chi connectivity index (χ3v) is 2.30. The van der Waals surface area contributed by atoms with Gasteiger partial charge in [-0.3, -0.25) is 4.98 Å². The number of pyridine rings is 1. The van der Waals surface area contributed by atoms with E-state index in [1.54, 1.807) is 6.07 Å². The first-order chi connectivity index (χ1) is 7.65. The molecule has 0 amide bonds. The van der Waals surface area contributed by atoms with Crippen LogP contribution < -0.4 is 0 Å². The highest BCUT2D eigenvalue weighted by atomic mass is 35.5. The van der Waals surface area contributed by atoms with Crippen LogP contribution in [0.5, 0.6) is 0 Å². The highest BCUT2D eigenvalue weighted by Gasteiger charge is 2.21. The highest BCUT2D eigenvalue weighted by molar-refractivity contribution is 6.17. The van der Waals surface area contributed by atoms with Crippen LogP contribution in [-0.4, -0.2) is 4.98 Å². The zero-order valence-electron chi connectivity index (χ0n) is 8.04. The number of hydrogen-bond donors (Lipinski definition) is 0. The SMILES string of the molecule is N#CCc1ncc(C#N)c(C(F)F)c1CCl. The van der Waals surface area contributed by atoms with Gasteiger partial charge in [-0.25, -0.2) is 8.78 Å². The Balaban J connectivity index is 3.46. The van der Waals surface area contributed by atoms with Gasteiger partial charge in [0, 0.05) is 17.6 Å². The molecule has 0 aromatic carbocycles. The molecule has 6 heteroatoms. The van der Waals surface area contributed by atoms with Crippen LogP contribution in [0.1, 0.15) is 28.8 Å². The van der Waals surface area contributed by atoms with Crippen LogP contribution >= 0.6 is 11.6 Å². The quantitative estimate of drug-likeness (QED) is 0.765. The third-order valence-electron chi connectivity index (χ3n) is 2.03. The normalized spacial score (nSPS) is 9.88. The van der Waals surface area contributed by atoms with Gasteiger partial charge in [-0.05, 0) is 5.56 Å². The molecule has 0 saturated carbocycles. The first-order valence-corrected chi connectivity index (χ1v) is 4.81. The second kappa shape index (κ2) is 5.39. The molecule has 0 spiro atoms. The largest absolute Gasteiger partial charge is 0.265 e. The molecule has 0 aliphatic heterocycles. The number of hydrogen-bond acceptors (Lipinski definition) is 3. The van der Waals surface area contributed by atoms with Gasteiger partial charge in [0.05, 0.1) is 23.7 Å². The summed E-state index contributed by atoms with van der Waals surface area (Å²) in [4.78, 5) is 3.79. The molecule has 0 atom stereocenters. The lowest BCUT2D eigenvalue weighted by Crippen LogP contribution is -2.04. The predicted octanol–water partition coefficient (Wildman–Crippen LogP) is 2.70. The predicted molar refractivity (Wildman–Crippen MR) is 52.8 cm³/mol. The molecule has 0 bridgehead atoms. The van der Waals surface area contributed by atoms with Crippen molar-refractivity contribution >= 4 is 11.6 Å². The average Bonchev–Trinajstić information content (AvgIpc) is 2.28. The maximum atomic E-state index is 12.8. The molecule has 1 heterocycles. The van der Waals surface area contributed by atoms with Crippen molar-refractivity contribution < 1.29 is 8.78 Å². The lowest BCUT2D eigenvalue weighted by Gasteiger charge is -2.10. The Bertz CT molecular complexity index is 474. The third kappa shape index (κ3) is 2.26. The Morgan fingerprint density at radius 1 is 1.44 bits per heavy atom. The van der Waals surface area contributed by atoms with E-state index in [-0.39, 0.29) is 29.1 Å². The Labute approximate surface area is 95.9 Å². The van der Waals surface area contributed by atoms with Gasteiger partial charge in [0.2, 0.25) is 0 Å². The van der Waals surface area contributed by atoms with Crippen molar-refractivity contribution in [2.45, 2.75) is 18.7 Å². The highest BCUT2D eigenvalue weighted by Crippen LogP contribution is 2.29. The van der Waals surface area contributed by atoms with E-state index in [1.807, 2.05) is 6.07 Å². The summed E-state index contributed by atoms with van der Waals surface area (Å²) in [6.45, 7) is 0. The van der Waals surface area contributed by atoms with Crippen LogP contribution in [0.4, 0.5) is 8.78 Å². The fraction of sp³-hybridized carbons (Fsp3) is 0.300. The van der Waals surface area contributed by atoms with Gasteiger partial charge in [0.25, 0.3) is 6.43 Å². The van der Waals surface area contributed by atoms with Gasteiger partial charge < -0.3 is 0 Å². The molecule has 0 aliphatic carbocycles. The number of nitrogens with zero attached hydrogens (tertiary/aromatic N) is 3. The second-order valence-electron chi connectivity index (χ2n) is 2.89. The van der Waals surface area contributed by atoms with Gasteiger partial charge in [-0.1, -0.05) is 0 Å². The summed E-state index contributed by atoms with van der Waals surface area (Å²) in [6.07, 6.45) is -1.86. The lowest BCUT2D eigenvalue weighted by molar-refractivity contribution is 0.150. The van der Waals surface area contributed by atoms with E-state index in [0.29, 0.717) is 0 Å². The van der Waals surface area contributed by atoms with E-state index < -0.39 is 12.0 Å². The van der Waals surface area contributed by atoms with Crippen LogP contribution in [0, 0.1) is 22.7 Å². The molecule has 1 rings (SSSR count). The van der Waals surface area contributed by atoms with Crippen LogP contribution in [0.15, 0.2) is 6.20 Å². The van der Waals surface area contributed by atoms with Crippen LogP contribution in [0.3, 0.4) is 0 Å². The molecular weight excluding hydrogens is 236 g/mol. The molecule has 3 nitrogen and oxygen atoms in total. The fourth-order valence-corrected chi connectivity index (χ4v) is 1.62. The van der Waals surface area contributed by atoms with Crippen molar-refractivity contribution in [3.05, 3.63) is 28.6 Å². The number of rotatable bonds is 3. The van der Waals surface area contributed by atoms with E-state index in [4.69, 9.17) is 22.1 Å². The van der Waals surface area contributed by atoms with E-state index in [0.717, 1.165) is 6.20 Å². The monoisotopic (exact) mass is 241 g/mol. The Morgan fingerprint density at radius 2 is 2.12 bits per heavy atom. The van der Waals surface area contributed by atoms with Crippen LogP contribution in [0.2, 0.25) is 0 Å². The van der Waals surface area contributed by atoms with Crippen molar-refractivity contribution in [2.24, 2.45) is 0 Å². The fourth-order valence-electron chi connectivity index (χ4n) is 1.32. The van der Waals surface area contributed by atoms with Crippen molar-refractivity contribution in [2.75, 3.05) is 0 Å². The Morgan fingerprint density at radius 3 is 2.56 bits per heavy atom. The molecule has 0 unspecified atom stereocenters. The molecule has 0 fully saturated rings. The van der Waals surface area contributed by atoms with Crippen molar-refractivity contribution in [3.8, 4) is 12.1 Å². The molecule has 0 saturated heterocycles. The molecule has 1 aromatic rings. The Kier molecular flexibility index (Phi) is 4.16. The smallest absolute Gasteiger partial charge is 0.258 e. The van der Waals surface area contributed by atoms with Crippen LogP contribution in [-0.2, 0) is 12.3 Å². The van der Waals surface area contributed by atoms with E-state index in [2.05, 4.69) is 4.98 Å². The lowest BCUT2D eigenvalue weighted by atomic mass is 10.0. The van der Waals surface area contributed by atoms with Crippen molar-refractivity contribution in [1.29, 1.82) is 10.5 Å². The van der Waals surface area contributed by atoms with Crippen LogP contribution in [0.25, 0.3) is 0 Å². The molecular formula is C10H6ClF2N3. The molecule has 0 N–H and O–H groups in total. The summed E-state index contributed by atoms with van der Waals surface area (Å²) >= 11 is 5.55. The van der Waals surface area contributed by atoms with Gasteiger partial charge in [-0.2, -0.15) is 10.5 Å². The minimum absolute atomic E-state index is 0.0808. The zero-order valence-corrected chi connectivity index (χ0v) is 8.80. The van der Waals surface area contributed by atoms with E-state index in [9.17, 15) is 8.78 Å². The summed E-state index contributed by atoms with van der Waals surface area (Å²) in [5, 5.41) is 17.2. The molecule has 16 heavy (non-hydrogen) atoms. The molecule has 82 valence electrons. The first kappa shape index (κ1) is 12.4. The number of halogens is 3. The van der Waals surface area contributed by atoms with Gasteiger partial charge >= 0.3 is 0 Å². The topological polar surface area (TPSA) is 60.5 Å². The summed E-state index contributed by atoms with van der Waals surface area (Å²) in [5.41, 5.74) is -0.339. The van der Waals surface area contributed by atoms with Gasteiger partial charge in [0.1, 0.15) is 6.07 Å². The van der Waals surface area contributed by atoms with E-state index >= 15 is 0 Å². The van der Waals surface area contributed by atoms with Gasteiger partial charge in [0.15, 0.2) is 0 Å². The summed E-state index contributed by atoms with van der Waals surface area (Å²) in [5.74, 6) is -0.195. The summed E-state index contributed by atoms with van der Waals surface area (Å²) in [7, 11) is 0. The number of alkyl halides is 3. The maximum Gasteiger partial charge on any atom is 0.265 e. The number of aromatic nitrogens is 1. The van der Waals surface area contributed by atoms with Gasteiger partial charge in [-0.15, -0.1) is 11.6 Å². The number of nitriles is 2. The van der Waals surface area contributed by atoms with Crippen molar-refractivity contribution in [1.82, 2.24) is 4.98 Å². The second-order valence-corrected chi connectivity index (χ2v) is 3.16. The average molecular weight is 242 g/mol. The summed E-state index contributed by atoms with van der Waals surface area (Å²) < 4.78 is 25.5. The molecule has 0 aliphatic rings. The standard InChI is InChI=1S/C10H6ClF2N3/c11-3-7-8(1-2-14)16-5-6(4-15)9(7)10(12)13/h5,10H,1,3H2. The first-order valence-electron chi connectivity index (χ1n) is 4.27. The maximum absolute atomic E-state index is 12.8. The minimum atomic E-state index is -2.80. The van der Waals surface area contributed by atoms with E-state index in [1.165, 1.54) is 0 Å².